The largest absolute Gasteiger partial charge is 0.491 e. The lowest BCUT2D eigenvalue weighted by molar-refractivity contribution is 0.0331. The highest BCUT2D eigenvalue weighted by molar-refractivity contribution is 6.19. The molecule has 1 amide bonds. The number of hydrogen-bond donors (Lipinski definition) is 1. The Bertz CT molecular complexity index is 1160. The second-order valence-electron chi connectivity index (χ2n) is 8.56. The second-order valence-corrected chi connectivity index (χ2v) is 8.56. The van der Waals surface area contributed by atoms with Crippen LogP contribution < -0.4 is 10.1 Å². The van der Waals surface area contributed by atoms with E-state index in [0.717, 1.165) is 30.1 Å². The number of aliphatic imine (C=N–C) groups is 2. The predicted octanol–water partition coefficient (Wildman–Crippen LogP) is 1.73. The minimum absolute atomic E-state index is 0.169. The number of nitrogens with zero attached hydrogens (tertiary/aromatic N) is 6. The Labute approximate surface area is 202 Å². The van der Waals surface area contributed by atoms with Gasteiger partial charge in [0.15, 0.2) is 0 Å². The van der Waals surface area contributed by atoms with Gasteiger partial charge < -0.3 is 9.47 Å². The van der Waals surface area contributed by atoms with Gasteiger partial charge in [-0.05, 0) is 31.2 Å². The van der Waals surface area contributed by atoms with Gasteiger partial charge in [0.2, 0.25) is 5.96 Å². The van der Waals surface area contributed by atoms with E-state index in [0.29, 0.717) is 55.8 Å². The van der Waals surface area contributed by atoms with E-state index < -0.39 is 6.04 Å². The monoisotopic (exact) mass is 477 g/mol. The van der Waals surface area contributed by atoms with Gasteiger partial charge in [-0.15, -0.1) is 0 Å². The van der Waals surface area contributed by atoms with Crippen LogP contribution in [-0.2, 0) is 4.74 Å². The van der Waals surface area contributed by atoms with E-state index in [2.05, 4.69) is 25.4 Å². The summed E-state index contributed by atoms with van der Waals surface area (Å²) < 4.78 is 11.4. The fourth-order valence-corrected chi connectivity index (χ4v) is 4.36. The quantitative estimate of drug-likeness (QED) is 0.603. The Hall–Kier alpha value is -3.70. The molecule has 0 aliphatic carbocycles. The third kappa shape index (κ3) is 4.91. The van der Waals surface area contributed by atoms with Crippen molar-refractivity contribution in [1.82, 2.24) is 20.1 Å². The van der Waals surface area contributed by atoms with Crippen LogP contribution in [0.2, 0.25) is 0 Å². The lowest BCUT2D eigenvalue weighted by atomic mass is 10.0. The molecule has 0 radical (unpaired) electrons. The van der Waals surface area contributed by atoms with Crippen LogP contribution in [0.25, 0.3) is 0 Å². The molecule has 1 aromatic carbocycles. The number of hydrogen-bond acceptors (Lipinski definition) is 10. The zero-order chi connectivity index (χ0) is 24.2. The van der Waals surface area contributed by atoms with Crippen molar-refractivity contribution in [3.63, 3.8) is 0 Å². The molecule has 1 atom stereocenters. The third-order valence-corrected chi connectivity index (χ3v) is 6.24. The molecule has 182 valence electrons. The number of nitrogens with one attached hydrogen (secondary N) is 1. The molecule has 1 saturated heterocycles. The number of pyridine rings is 1. The molecule has 1 aromatic heterocycles. The van der Waals surface area contributed by atoms with Crippen LogP contribution in [0.5, 0.6) is 5.75 Å². The van der Waals surface area contributed by atoms with E-state index in [1.807, 2.05) is 24.0 Å². The lowest BCUT2D eigenvalue weighted by Crippen LogP contribution is -2.47. The first-order chi connectivity index (χ1) is 17.1. The van der Waals surface area contributed by atoms with Crippen LogP contribution in [0.4, 0.5) is 5.69 Å². The first-order valence-electron chi connectivity index (χ1n) is 11.7. The molecule has 11 nitrogen and oxygen atoms in total. The van der Waals surface area contributed by atoms with E-state index in [4.69, 9.17) is 14.5 Å². The number of nitroso groups, excluding NO2 is 1. The normalized spacial score (nSPS) is 18.1. The van der Waals surface area contributed by atoms with E-state index in [-0.39, 0.29) is 12.5 Å². The van der Waals surface area contributed by atoms with Crippen molar-refractivity contribution < 1.29 is 14.3 Å². The van der Waals surface area contributed by atoms with Crippen molar-refractivity contribution >= 4 is 23.4 Å². The summed E-state index contributed by atoms with van der Waals surface area (Å²) in [5, 5.41) is 6.17. The summed E-state index contributed by atoms with van der Waals surface area (Å²) in [5.74, 6) is 1.52. The van der Waals surface area contributed by atoms with Gasteiger partial charge in [0.1, 0.15) is 24.2 Å². The van der Waals surface area contributed by atoms with Crippen molar-refractivity contribution in [3.05, 3.63) is 58.3 Å². The molecule has 4 heterocycles. The third-order valence-electron chi connectivity index (χ3n) is 6.24. The van der Waals surface area contributed by atoms with Crippen molar-refractivity contribution in [2.24, 2.45) is 15.2 Å². The molecule has 5 rings (SSSR count). The highest BCUT2D eigenvalue weighted by Gasteiger charge is 2.32. The van der Waals surface area contributed by atoms with Crippen LogP contribution >= 0.6 is 0 Å². The Balaban J connectivity index is 1.35. The second kappa shape index (κ2) is 10.3. The fourth-order valence-electron chi connectivity index (χ4n) is 4.36. The Morgan fingerprint density at radius 2 is 2.11 bits per heavy atom. The van der Waals surface area contributed by atoms with Crippen molar-refractivity contribution in [1.29, 1.82) is 0 Å². The number of ether oxygens (including phenoxy) is 2. The van der Waals surface area contributed by atoms with E-state index in [9.17, 15) is 9.70 Å². The van der Waals surface area contributed by atoms with Gasteiger partial charge in [0.05, 0.1) is 31.0 Å². The Kier molecular flexibility index (Phi) is 6.77. The number of carbonyl (C=O) groups is 1. The van der Waals surface area contributed by atoms with Gasteiger partial charge >= 0.3 is 0 Å². The summed E-state index contributed by atoms with van der Waals surface area (Å²) in [6, 6.07) is 6.71. The maximum Gasteiger partial charge on any atom is 0.259 e. The molecule has 2 aromatic rings. The Morgan fingerprint density at radius 1 is 1.26 bits per heavy atom. The summed E-state index contributed by atoms with van der Waals surface area (Å²) in [6.07, 6.45) is 3.13. The molecule has 1 unspecified atom stereocenters. The summed E-state index contributed by atoms with van der Waals surface area (Å²) in [4.78, 5) is 41.7. The molecule has 0 saturated carbocycles. The van der Waals surface area contributed by atoms with Crippen LogP contribution in [0.3, 0.4) is 0 Å². The topological polar surface area (TPSA) is 121 Å². The number of fused-ring (bicyclic) bond motifs is 3. The molecule has 0 spiro atoms. The molecular weight excluding hydrogens is 450 g/mol. The molecule has 1 fully saturated rings. The summed E-state index contributed by atoms with van der Waals surface area (Å²) in [5.41, 5.74) is 2.82. The number of amides is 1. The SMILES string of the molecule is Cc1c(OCC(CN2CCOCC2)N=O)ccc2c1N=C(NC(=O)c1cccnc1)N1CCN=C21. The first-order valence-corrected chi connectivity index (χ1v) is 11.7. The van der Waals surface area contributed by atoms with Crippen molar-refractivity contribution in [2.75, 3.05) is 52.5 Å². The zero-order valence-electron chi connectivity index (χ0n) is 19.5. The highest BCUT2D eigenvalue weighted by atomic mass is 16.5. The van der Waals surface area contributed by atoms with Crippen molar-refractivity contribution in [3.8, 4) is 5.75 Å². The molecular formula is C24H27N7O4. The molecule has 11 heteroatoms. The van der Waals surface area contributed by atoms with Crippen LogP contribution in [0.15, 0.2) is 51.8 Å². The fraction of sp³-hybridized carbons (Fsp3) is 0.417. The van der Waals surface area contributed by atoms with E-state index in [1.54, 1.807) is 18.3 Å². The predicted molar refractivity (Wildman–Crippen MR) is 130 cm³/mol. The number of amidine groups is 1. The minimum Gasteiger partial charge on any atom is -0.491 e. The maximum absolute atomic E-state index is 12.8. The smallest absolute Gasteiger partial charge is 0.259 e. The van der Waals surface area contributed by atoms with E-state index in [1.165, 1.54) is 6.20 Å². The maximum atomic E-state index is 12.8. The van der Waals surface area contributed by atoms with Crippen molar-refractivity contribution in [2.45, 2.75) is 13.0 Å². The average Bonchev–Trinajstić information content (AvgIpc) is 3.40. The van der Waals surface area contributed by atoms with Crippen LogP contribution in [-0.4, -0.2) is 91.1 Å². The number of rotatable bonds is 7. The Morgan fingerprint density at radius 3 is 2.89 bits per heavy atom. The highest BCUT2D eigenvalue weighted by Crippen LogP contribution is 2.36. The van der Waals surface area contributed by atoms with Gasteiger partial charge in [0.25, 0.3) is 5.91 Å². The molecule has 35 heavy (non-hydrogen) atoms. The van der Waals surface area contributed by atoms with Crippen LogP contribution in [0, 0.1) is 11.8 Å². The van der Waals surface area contributed by atoms with Gasteiger partial charge in [-0.1, -0.05) is 5.18 Å². The summed E-state index contributed by atoms with van der Waals surface area (Å²) in [6.45, 7) is 6.75. The van der Waals surface area contributed by atoms with Gasteiger partial charge in [-0.3, -0.25) is 29.9 Å². The minimum atomic E-state index is -0.490. The summed E-state index contributed by atoms with van der Waals surface area (Å²) in [7, 11) is 0. The number of carbonyl (C=O) groups excluding carboxylic acids is 1. The van der Waals surface area contributed by atoms with E-state index >= 15 is 0 Å². The lowest BCUT2D eigenvalue weighted by Gasteiger charge is -2.29. The van der Waals surface area contributed by atoms with Gasteiger partial charge in [-0.25, -0.2) is 4.99 Å². The number of benzene rings is 1. The number of aromatic nitrogens is 1. The summed E-state index contributed by atoms with van der Waals surface area (Å²) >= 11 is 0. The van der Waals surface area contributed by atoms with Crippen LogP contribution in [0.1, 0.15) is 21.5 Å². The first kappa shape index (κ1) is 23.1. The standard InChI is InChI=1S/C24H27N7O4/c1-16-20(35-15-18(29-33)14-30-9-11-34-12-10-30)5-4-19-21(16)27-24(31-8-7-26-22(19)31)28-23(32)17-3-2-6-25-13-17/h2-6,13,18H,7-12,14-15H2,1H3,(H,27,28,32). The molecule has 0 bridgehead atoms. The molecule has 1 N–H and O–H groups in total. The number of guanidine groups is 1. The average molecular weight is 478 g/mol. The molecule has 3 aliphatic heterocycles. The number of morpholine rings is 1. The zero-order valence-corrected chi connectivity index (χ0v) is 19.5. The van der Waals surface area contributed by atoms with Gasteiger partial charge in [-0.2, -0.15) is 4.91 Å². The van der Waals surface area contributed by atoms with Gasteiger partial charge in [0, 0.05) is 49.7 Å². The molecule has 3 aliphatic rings.